The van der Waals surface area contributed by atoms with Gasteiger partial charge >= 0.3 is 0 Å². The summed E-state index contributed by atoms with van der Waals surface area (Å²) in [5.74, 6) is -0.201. The van der Waals surface area contributed by atoms with E-state index < -0.39 is 0 Å². The number of nitrogens with zero attached hydrogens (tertiary/aromatic N) is 1. The number of piperidine rings is 1. The summed E-state index contributed by atoms with van der Waals surface area (Å²) in [5, 5.41) is 3.42. The van der Waals surface area contributed by atoms with E-state index in [2.05, 4.69) is 55.3 Å². The number of primary amides is 1. The maximum absolute atomic E-state index is 11.4. The third kappa shape index (κ3) is 4.21. The Morgan fingerprint density at radius 2 is 2.00 bits per heavy atom. The van der Waals surface area contributed by atoms with E-state index in [1.165, 1.54) is 11.3 Å². The number of anilines is 1. The summed E-state index contributed by atoms with van der Waals surface area (Å²) in [5.41, 5.74) is 7.93. The molecule has 0 radical (unpaired) electrons. The summed E-state index contributed by atoms with van der Waals surface area (Å²) < 4.78 is 0. The summed E-state index contributed by atoms with van der Waals surface area (Å²) in [6.45, 7) is 8.13. The van der Waals surface area contributed by atoms with Crippen LogP contribution in [0.4, 0.5) is 5.69 Å². The minimum Gasteiger partial charge on any atom is -0.369 e. The van der Waals surface area contributed by atoms with Crippen molar-refractivity contribution < 1.29 is 4.79 Å². The van der Waals surface area contributed by atoms with Crippen molar-refractivity contribution in [3.05, 3.63) is 29.8 Å². The third-order valence-corrected chi connectivity index (χ3v) is 4.27. The molecule has 1 aromatic carbocycles. The Balaban J connectivity index is 2.04. The minimum atomic E-state index is -0.176. The lowest BCUT2D eigenvalue weighted by Gasteiger charge is -2.38. The molecule has 1 saturated heterocycles. The first kappa shape index (κ1) is 15.8. The zero-order valence-corrected chi connectivity index (χ0v) is 13.3. The molecule has 4 nitrogen and oxygen atoms in total. The molecular formula is C17H27N3O. The molecule has 2 atom stereocenters. The molecule has 116 valence electrons. The number of nitrogens with one attached hydrogen (secondary N) is 1. The largest absolute Gasteiger partial charge is 0.369 e. The molecule has 2 rings (SSSR count). The molecular weight excluding hydrogens is 262 g/mol. The second-order valence-corrected chi connectivity index (χ2v) is 6.38. The number of carbonyl (C=O) groups is 1. The Kier molecular flexibility index (Phi) is 5.23. The lowest BCUT2D eigenvalue weighted by Crippen LogP contribution is -2.45. The Morgan fingerprint density at radius 1 is 1.33 bits per heavy atom. The van der Waals surface area contributed by atoms with Gasteiger partial charge in [0.15, 0.2) is 0 Å². The molecule has 3 N–H and O–H groups in total. The van der Waals surface area contributed by atoms with Gasteiger partial charge in [0.1, 0.15) is 0 Å². The van der Waals surface area contributed by atoms with E-state index in [1.807, 2.05) is 0 Å². The van der Waals surface area contributed by atoms with Crippen molar-refractivity contribution in [1.82, 2.24) is 5.32 Å². The molecule has 1 aromatic rings. The maximum atomic E-state index is 11.4. The minimum absolute atomic E-state index is 0.0246. The fraction of sp³-hybridized carbons (Fsp3) is 0.588. The number of hydrogen-bond acceptors (Lipinski definition) is 3. The number of rotatable bonds is 5. The lowest BCUT2D eigenvalue weighted by molar-refractivity contribution is -0.122. The molecule has 0 spiro atoms. The lowest BCUT2D eigenvalue weighted by atomic mass is 9.92. The fourth-order valence-electron chi connectivity index (χ4n) is 2.83. The Bertz CT molecular complexity index is 469. The van der Waals surface area contributed by atoms with Crippen LogP contribution in [0.15, 0.2) is 24.3 Å². The first-order chi connectivity index (χ1) is 9.97. The van der Waals surface area contributed by atoms with Crippen molar-refractivity contribution in [2.75, 3.05) is 11.4 Å². The molecule has 1 heterocycles. The van der Waals surface area contributed by atoms with Gasteiger partial charge in [-0.3, -0.25) is 4.79 Å². The summed E-state index contributed by atoms with van der Waals surface area (Å²) in [7, 11) is 0. The summed E-state index contributed by atoms with van der Waals surface area (Å²) in [4.78, 5) is 13.7. The molecule has 21 heavy (non-hydrogen) atoms. The van der Waals surface area contributed by atoms with Crippen LogP contribution in [-0.4, -0.2) is 24.5 Å². The van der Waals surface area contributed by atoms with Crippen LogP contribution in [-0.2, 0) is 11.3 Å². The van der Waals surface area contributed by atoms with Crippen molar-refractivity contribution in [3.63, 3.8) is 0 Å². The topological polar surface area (TPSA) is 58.4 Å². The molecule has 4 heteroatoms. The monoisotopic (exact) mass is 289 g/mol. The highest BCUT2D eigenvalue weighted by atomic mass is 16.1. The van der Waals surface area contributed by atoms with E-state index >= 15 is 0 Å². The van der Waals surface area contributed by atoms with Crippen LogP contribution in [0.5, 0.6) is 0 Å². The summed E-state index contributed by atoms with van der Waals surface area (Å²) in [6.07, 6.45) is 1.92. The van der Waals surface area contributed by atoms with Gasteiger partial charge in [0.05, 0.1) is 5.92 Å². The highest BCUT2D eigenvalue weighted by molar-refractivity contribution is 5.77. The van der Waals surface area contributed by atoms with Crippen molar-refractivity contribution in [2.45, 2.75) is 52.2 Å². The predicted octanol–water partition coefficient (Wildman–Crippen LogP) is 2.27. The first-order valence-corrected chi connectivity index (χ1v) is 7.85. The summed E-state index contributed by atoms with van der Waals surface area (Å²) >= 11 is 0. The Labute approximate surface area is 127 Å². The molecule has 0 saturated carbocycles. The normalized spacial score (nSPS) is 22.6. The Morgan fingerprint density at radius 3 is 2.57 bits per heavy atom. The van der Waals surface area contributed by atoms with E-state index in [-0.39, 0.29) is 11.8 Å². The Hall–Kier alpha value is -1.55. The van der Waals surface area contributed by atoms with Crippen LogP contribution in [0.3, 0.4) is 0 Å². The molecule has 1 aliphatic rings. The van der Waals surface area contributed by atoms with Gasteiger partial charge in [-0.15, -0.1) is 0 Å². The van der Waals surface area contributed by atoms with E-state index in [0.717, 1.165) is 25.9 Å². The van der Waals surface area contributed by atoms with E-state index in [9.17, 15) is 4.79 Å². The average molecular weight is 289 g/mol. The van der Waals surface area contributed by atoms with Crippen LogP contribution < -0.4 is 16.0 Å². The van der Waals surface area contributed by atoms with Crippen molar-refractivity contribution >= 4 is 11.6 Å². The van der Waals surface area contributed by atoms with Gasteiger partial charge in [0.2, 0.25) is 5.91 Å². The van der Waals surface area contributed by atoms with Crippen LogP contribution in [0.1, 0.15) is 39.2 Å². The zero-order valence-electron chi connectivity index (χ0n) is 13.3. The highest BCUT2D eigenvalue weighted by Gasteiger charge is 2.28. The number of amides is 1. The first-order valence-electron chi connectivity index (χ1n) is 7.85. The second kappa shape index (κ2) is 6.94. The number of carbonyl (C=O) groups excluding carboxylic acids is 1. The van der Waals surface area contributed by atoms with Crippen LogP contribution in [0, 0.1) is 5.92 Å². The quantitative estimate of drug-likeness (QED) is 0.874. The molecule has 0 aromatic heterocycles. The summed E-state index contributed by atoms with van der Waals surface area (Å²) in [6, 6.07) is 9.56. The van der Waals surface area contributed by atoms with Gasteiger partial charge in [0.25, 0.3) is 0 Å². The molecule has 0 bridgehead atoms. The van der Waals surface area contributed by atoms with Gasteiger partial charge < -0.3 is 16.0 Å². The SMILES string of the molecule is CC(C)NCc1ccc(N2CC(C(N)=O)CCC2C)cc1. The highest BCUT2D eigenvalue weighted by Crippen LogP contribution is 2.27. The average Bonchev–Trinajstić information content (AvgIpc) is 2.46. The van der Waals surface area contributed by atoms with Gasteiger partial charge in [-0.2, -0.15) is 0 Å². The number of nitrogens with two attached hydrogens (primary N) is 1. The molecule has 1 aliphatic heterocycles. The molecule has 0 aliphatic carbocycles. The number of hydrogen-bond donors (Lipinski definition) is 2. The van der Waals surface area contributed by atoms with Crippen molar-refractivity contribution in [3.8, 4) is 0 Å². The molecule has 1 amide bonds. The van der Waals surface area contributed by atoms with Crippen molar-refractivity contribution in [1.29, 1.82) is 0 Å². The van der Waals surface area contributed by atoms with Gasteiger partial charge in [-0.1, -0.05) is 26.0 Å². The zero-order chi connectivity index (χ0) is 15.4. The van der Waals surface area contributed by atoms with Gasteiger partial charge in [-0.05, 0) is 37.5 Å². The van der Waals surface area contributed by atoms with Crippen LogP contribution in [0.25, 0.3) is 0 Å². The van der Waals surface area contributed by atoms with Crippen LogP contribution >= 0.6 is 0 Å². The van der Waals surface area contributed by atoms with Gasteiger partial charge in [0, 0.05) is 30.9 Å². The van der Waals surface area contributed by atoms with Gasteiger partial charge in [-0.25, -0.2) is 0 Å². The second-order valence-electron chi connectivity index (χ2n) is 6.38. The van der Waals surface area contributed by atoms with E-state index in [0.29, 0.717) is 12.1 Å². The van der Waals surface area contributed by atoms with Crippen LogP contribution in [0.2, 0.25) is 0 Å². The third-order valence-electron chi connectivity index (χ3n) is 4.27. The van der Waals surface area contributed by atoms with Crippen molar-refractivity contribution in [2.24, 2.45) is 11.7 Å². The molecule has 2 unspecified atom stereocenters. The van der Waals surface area contributed by atoms with E-state index in [1.54, 1.807) is 0 Å². The number of benzene rings is 1. The fourth-order valence-corrected chi connectivity index (χ4v) is 2.83. The van der Waals surface area contributed by atoms with E-state index in [4.69, 9.17) is 5.73 Å². The smallest absolute Gasteiger partial charge is 0.222 e. The predicted molar refractivity (Wildman–Crippen MR) is 87.1 cm³/mol. The standard InChI is InChI=1S/C17H27N3O/c1-12(2)19-10-14-5-8-16(9-6-14)20-11-15(17(18)21)7-4-13(20)3/h5-6,8-9,12-13,15,19H,4,7,10-11H2,1-3H3,(H2,18,21). The maximum Gasteiger partial charge on any atom is 0.222 e. The molecule has 1 fully saturated rings.